The first-order valence-corrected chi connectivity index (χ1v) is 9.26. The minimum Gasteiger partial charge on any atom is -0.266 e. The van der Waals surface area contributed by atoms with Crippen LogP contribution >= 0.6 is 0 Å². The van der Waals surface area contributed by atoms with Gasteiger partial charge >= 0.3 is 0 Å². The molecule has 0 atom stereocenters. The molecule has 0 bridgehead atoms. The smallest absolute Gasteiger partial charge is 0.0261 e. The molecule has 1 nitrogen and oxygen atoms in total. The van der Waals surface area contributed by atoms with Crippen molar-refractivity contribution in [2.45, 2.75) is 106 Å². The van der Waals surface area contributed by atoms with Gasteiger partial charge in [0.1, 0.15) is 0 Å². The Hall–Kier alpha value is -0.590. The highest BCUT2D eigenvalue weighted by Crippen LogP contribution is 2.42. The van der Waals surface area contributed by atoms with Crippen molar-refractivity contribution in [2.75, 3.05) is 0 Å². The standard InChI is InChI=1S/C20H39N/c1-7-11-12-16-20(14-9-3,15-10-4)18(5)17-21-19(6)13-8-2/h17H,7-16H2,1-6H3/b18-17+,21-19?. The summed E-state index contributed by atoms with van der Waals surface area (Å²) in [5.74, 6) is 0. The fourth-order valence-electron chi connectivity index (χ4n) is 3.41. The van der Waals surface area contributed by atoms with Crippen molar-refractivity contribution in [3.8, 4) is 0 Å². The van der Waals surface area contributed by atoms with Gasteiger partial charge in [-0.2, -0.15) is 0 Å². The van der Waals surface area contributed by atoms with Crippen molar-refractivity contribution in [1.82, 2.24) is 0 Å². The van der Waals surface area contributed by atoms with Crippen LogP contribution in [0.25, 0.3) is 0 Å². The first kappa shape index (κ1) is 20.4. The van der Waals surface area contributed by atoms with Crippen LogP contribution < -0.4 is 0 Å². The van der Waals surface area contributed by atoms with Crippen LogP contribution in [-0.2, 0) is 0 Å². The lowest BCUT2D eigenvalue weighted by molar-refractivity contribution is 0.260. The Morgan fingerprint density at radius 1 is 0.810 bits per heavy atom. The van der Waals surface area contributed by atoms with Crippen LogP contribution in [0.2, 0.25) is 0 Å². The summed E-state index contributed by atoms with van der Waals surface area (Å²) >= 11 is 0. The monoisotopic (exact) mass is 293 g/mol. The van der Waals surface area contributed by atoms with Gasteiger partial charge in [-0.05, 0) is 50.5 Å². The second-order valence-electron chi connectivity index (χ2n) is 6.66. The van der Waals surface area contributed by atoms with Gasteiger partial charge in [0.25, 0.3) is 0 Å². The second kappa shape index (κ2) is 12.0. The predicted molar refractivity (Wildman–Crippen MR) is 98.2 cm³/mol. The van der Waals surface area contributed by atoms with Gasteiger partial charge in [-0.3, -0.25) is 4.99 Å². The van der Waals surface area contributed by atoms with Crippen LogP contribution in [-0.4, -0.2) is 5.71 Å². The summed E-state index contributed by atoms with van der Waals surface area (Å²) in [6.45, 7) is 13.6. The number of unbranched alkanes of at least 4 members (excludes halogenated alkanes) is 2. The van der Waals surface area contributed by atoms with Crippen LogP contribution in [0.15, 0.2) is 16.8 Å². The van der Waals surface area contributed by atoms with E-state index in [-0.39, 0.29) is 0 Å². The van der Waals surface area contributed by atoms with E-state index in [9.17, 15) is 0 Å². The summed E-state index contributed by atoms with van der Waals surface area (Å²) in [4.78, 5) is 4.73. The summed E-state index contributed by atoms with van der Waals surface area (Å²) in [5, 5.41) is 0. The van der Waals surface area contributed by atoms with Gasteiger partial charge in [0.05, 0.1) is 0 Å². The van der Waals surface area contributed by atoms with Crippen molar-refractivity contribution in [3.05, 3.63) is 11.8 Å². The Kier molecular flexibility index (Phi) is 11.7. The number of allylic oxidation sites excluding steroid dienone is 1. The van der Waals surface area contributed by atoms with Crippen LogP contribution in [0.3, 0.4) is 0 Å². The molecule has 0 fully saturated rings. The molecule has 0 rings (SSSR count). The maximum Gasteiger partial charge on any atom is 0.0261 e. The molecule has 0 aromatic carbocycles. The molecule has 0 spiro atoms. The lowest BCUT2D eigenvalue weighted by Gasteiger charge is -2.35. The molecule has 0 saturated carbocycles. The number of hydrogen-bond acceptors (Lipinski definition) is 1. The first-order valence-electron chi connectivity index (χ1n) is 9.26. The number of aliphatic imine (C=N–C) groups is 1. The van der Waals surface area contributed by atoms with Crippen molar-refractivity contribution in [3.63, 3.8) is 0 Å². The average molecular weight is 294 g/mol. The van der Waals surface area contributed by atoms with Crippen LogP contribution in [0.4, 0.5) is 0 Å². The van der Waals surface area contributed by atoms with E-state index in [0.717, 1.165) is 6.42 Å². The second-order valence-corrected chi connectivity index (χ2v) is 6.66. The fourth-order valence-corrected chi connectivity index (χ4v) is 3.41. The number of rotatable bonds is 12. The third-order valence-corrected chi connectivity index (χ3v) is 4.64. The van der Waals surface area contributed by atoms with E-state index in [0.29, 0.717) is 5.41 Å². The number of hydrogen-bond donors (Lipinski definition) is 0. The lowest BCUT2D eigenvalue weighted by Crippen LogP contribution is -2.22. The van der Waals surface area contributed by atoms with Crippen LogP contribution in [0.1, 0.15) is 106 Å². The number of nitrogens with zero attached hydrogens (tertiary/aromatic N) is 1. The van der Waals surface area contributed by atoms with Crippen molar-refractivity contribution < 1.29 is 0 Å². The topological polar surface area (TPSA) is 12.4 Å². The molecule has 0 heterocycles. The van der Waals surface area contributed by atoms with E-state index >= 15 is 0 Å². The van der Waals surface area contributed by atoms with E-state index < -0.39 is 0 Å². The Morgan fingerprint density at radius 3 is 1.90 bits per heavy atom. The van der Waals surface area contributed by atoms with Crippen molar-refractivity contribution >= 4 is 5.71 Å². The maximum absolute atomic E-state index is 4.73. The third-order valence-electron chi connectivity index (χ3n) is 4.64. The van der Waals surface area contributed by atoms with Gasteiger partial charge in [0.15, 0.2) is 0 Å². The van der Waals surface area contributed by atoms with Gasteiger partial charge in [-0.15, -0.1) is 0 Å². The molecule has 21 heavy (non-hydrogen) atoms. The van der Waals surface area contributed by atoms with E-state index in [4.69, 9.17) is 4.99 Å². The molecular weight excluding hydrogens is 254 g/mol. The molecule has 0 aromatic rings. The highest BCUT2D eigenvalue weighted by Gasteiger charge is 2.29. The quantitative estimate of drug-likeness (QED) is 0.264. The highest BCUT2D eigenvalue weighted by atomic mass is 14.7. The van der Waals surface area contributed by atoms with Crippen molar-refractivity contribution in [1.29, 1.82) is 0 Å². The summed E-state index contributed by atoms with van der Waals surface area (Å²) in [6.07, 6.45) is 15.0. The zero-order valence-electron chi connectivity index (χ0n) is 15.6. The van der Waals surface area contributed by atoms with Gasteiger partial charge in [0.2, 0.25) is 0 Å². The molecular formula is C20H39N. The SMILES string of the molecule is CCCCCC(CCC)(CCC)/C(C)=C/N=C(C)CCC. The highest BCUT2D eigenvalue weighted by molar-refractivity contribution is 5.82. The molecule has 1 heteroatoms. The Bertz CT molecular complexity index is 306. The van der Waals surface area contributed by atoms with Gasteiger partial charge in [-0.1, -0.05) is 66.2 Å². The molecule has 0 aliphatic carbocycles. The minimum atomic E-state index is 0.397. The van der Waals surface area contributed by atoms with Crippen molar-refractivity contribution in [2.24, 2.45) is 10.4 Å². The molecule has 0 aromatic heterocycles. The van der Waals surface area contributed by atoms with E-state index in [2.05, 4.69) is 47.7 Å². The molecule has 0 amide bonds. The van der Waals surface area contributed by atoms with Gasteiger partial charge in [0, 0.05) is 11.9 Å². The molecule has 0 aliphatic rings. The van der Waals surface area contributed by atoms with Crippen LogP contribution in [0, 0.1) is 5.41 Å². The summed E-state index contributed by atoms with van der Waals surface area (Å²) in [7, 11) is 0. The van der Waals surface area contributed by atoms with Crippen LogP contribution in [0.5, 0.6) is 0 Å². The molecule has 0 radical (unpaired) electrons. The fraction of sp³-hybridized carbons (Fsp3) is 0.850. The zero-order chi connectivity index (χ0) is 16.1. The summed E-state index contributed by atoms with van der Waals surface area (Å²) < 4.78 is 0. The van der Waals surface area contributed by atoms with Gasteiger partial charge < -0.3 is 0 Å². The summed E-state index contributed by atoms with van der Waals surface area (Å²) in [5.41, 5.74) is 3.18. The van der Waals surface area contributed by atoms with E-state index in [1.165, 1.54) is 69.1 Å². The largest absolute Gasteiger partial charge is 0.266 e. The molecule has 124 valence electrons. The molecule has 0 saturated heterocycles. The zero-order valence-corrected chi connectivity index (χ0v) is 15.6. The average Bonchev–Trinajstić information content (AvgIpc) is 2.45. The first-order chi connectivity index (χ1) is 10.1. The van der Waals surface area contributed by atoms with E-state index in [1.807, 2.05) is 0 Å². The predicted octanol–water partition coefficient (Wildman–Crippen LogP) is 7.32. The third kappa shape index (κ3) is 7.83. The molecule has 0 aliphatic heterocycles. The maximum atomic E-state index is 4.73. The molecule has 0 N–H and O–H groups in total. The lowest BCUT2D eigenvalue weighted by atomic mass is 9.70. The normalized spacial score (nSPS) is 13.8. The molecule has 0 unspecified atom stereocenters. The Morgan fingerprint density at radius 2 is 1.43 bits per heavy atom. The summed E-state index contributed by atoms with van der Waals surface area (Å²) in [6, 6.07) is 0. The minimum absolute atomic E-state index is 0.397. The Balaban J connectivity index is 5.12. The Labute approximate surface area is 134 Å². The van der Waals surface area contributed by atoms with Gasteiger partial charge in [-0.25, -0.2) is 0 Å². The van der Waals surface area contributed by atoms with E-state index in [1.54, 1.807) is 0 Å².